The van der Waals surface area contributed by atoms with Gasteiger partial charge < -0.3 is 19.7 Å². The van der Waals surface area contributed by atoms with Gasteiger partial charge in [-0.25, -0.2) is 0 Å². The number of hydrogen-bond donors (Lipinski definition) is 2. The van der Waals surface area contributed by atoms with Crippen LogP contribution in [0.2, 0.25) is 0 Å². The van der Waals surface area contributed by atoms with Crippen molar-refractivity contribution < 1.29 is 29.3 Å². The maximum absolute atomic E-state index is 12.2. The third kappa shape index (κ3) is 3.48. The number of esters is 1. The van der Waals surface area contributed by atoms with Crippen LogP contribution in [0.5, 0.6) is 0 Å². The zero-order valence-electron chi connectivity index (χ0n) is 11.4. The van der Waals surface area contributed by atoms with Gasteiger partial charge in [0.15, 0.2) is 12.2 Å². The third-order valence-electron chi connectivity index (χ3n) is 3.11. The summed E-state index contributed by atoms with van der Waals surface area (Å²) in [6.07, 6.45) is -2.55. The molecule has 0 saturated heterocycles. The summed E-state index contributed by atoms with van der Waals surface area (Å²) in [5.74, 6) is -1.28. The van der Waals surface area contributed by atoms with Crippen LogP contribution >= 0.6 is 0 Å². The Morgan fingerprint density at radius 3 is 2.57 bits per heavy atom. The van der Waals surface area contributed by atoms with Crippen LogP contribution in [0.4, 0.5) is 0 Å². The highest BCUT2D eigenvalue weighted by Gasteiger charge is 2.40. The number of carbonyl (C=O) groups excluding carboxylic acids is 2. The Morgan fingerprint density at radius 2 is 1.95 bits per heavy atom. The first-order chi connectivity index (χ1) is 10.0. The molecule has 6 heteroatoms. The summed E-state index contributed by atoms with van der Waals surface area (Å²) in [6, 6.07) is 8.32. The molecular weight excluding hydrogens is 276 g/mol. The van der Waals surface area contributed by atoms with Crippen molar-refractivity contribution in [2.75, 3.05) is 0 Å². The highest BCUT2D eigenvalue weighted by atomic mass is 16.6. The Bertz CT molecular complexity index is 538. The molecule has 2 rings (SSSR count). The molecule has 112 valence electrons. The quantitative estimate of drug-likeness (QED) is 0.785. The summed E-state index contributed by atoms with van der Waals surface area (Å²) in [4.78, 5) is 23.2. The number of aliphatic hydroxyl groups excluding tert-OH is 2. The smallest absolute Gasteiger partial charge is 0.303 e. The van der Waals surface area contributed by atoms with Crippen LogP contribution in [-0.2, 0) is 19.1 Å². The minimum atomic E-state index is -1.42. The summed E-state index contributed by atoms with van der Waals surface area (Å²) in [5, 5.41) is 20.1. The first kappa shape index (κ1) is 15.2. The lowest BCUT2D eigenvalue weighted by Crippen LogP contribution is -2.48. The van der Waals surface area contributed by atoms with Crippen molar-refractivity contribution in [3.8, 4) is 0 Å². The lowest BCUT2D eigenvalue weighted by Gasteiger charge is -2.30. The third-order valence-corrected chi connectivity index (χ3v) is 3.11. The van der Waals surface area contributed by atoms with Gasteiger partial charge in [-0.05, 0) is 11.6 Å². The summed E-state index contributed by atoms with van der Waals surface area (Å²) in [5.41, 5.74) is 0.400. The first-order valence-corrected chi connectivity index (χ1v) is 6.45. The standard InChI is InChI=1S/C15H16O6/c1-9(16)21-11-7-8-20-15(13(11)18)14(19)12(17)10-5-3-2-4-6-10/h2-8,11-13,15,17-18H,1H3/t11-,12?,13-,15+/m1/s1. The highest BCUT2D eigenvalue weighted by molar-refractivity contribution is 5.89. The van der Waals surface area contributed by atoms with Gasteiger partial charge in [-0.3, -0.25) is 9.59 Å². The van der Waals surface area contributed by atoms with Gasteiger partial charge in [0, 0.05) is 6.92 Å². The van der Waals surface area contributed by atoms with Gasteiger partial charge in [-0.2, -0.15) is 0 Å². The van der Waals surface area contributed by atoms with E-state index in [-0.39, 0.29) is 0 Å². The number of carbonyl (C=O) groups is 2. The molecule has 0 bridgehead atoms. The number of benzene rings is 1. The minimum Gasteiger partial charge on any atom is -0.487 e. The van der Waals surface area contributed by atoms with Gasteiger partial charge in [-0.1, -0.05) is 30.3 Å². The van der Waals surface area contributed by atoms with Gasteiger partial charge in [0.25, 0.3) is 0 Å². The maximum atomic E-state index is 12.2. The van der Waals surface area contributed by atoms with Crippen molar-refractivity contribution in [1.29, 1.82) is 0 Å². The zero-order chi connectivity index (χ0) is 15.4. The lowest BCUT2D eigenvalue weighted by atomic mass is 9.95. The molecule has 2 N–H and O–H groups in total. The van der Waals surface area contributed by atoms with Crippen molar-refractivity contribution in [3.63, 3.8) is 0 Å². The van der Waals surface area contributed by atoms with E-state index in [4.69, 9.17) is 9.47 Å². The molecule has 21 heavy (non-hydrogen) atoms. The van der Waals surface area contributed by atoms with Crippen molar-refractivity contribution >= 4 is 11.8 Å². The monoisotopic (exact) mass is 292 g/mol. The predicted molar refractivity (Wildman–Crippen MR) is 72.0 cm³/mol. The van der Waals surface area contributed by atoms with Crippen molar-refractivity contribution in [2.45, 2.75) is 31.3 Å². The largest absolute Gasteiger partial charge is 0.487 e. The molecule has 1 aliphatic heterocycles. The fraction of sp³-hybridized carbons (Fsp3) is 0.333. The van der Waals surface area contributed by atoms with Crippen LogP contribution in [0.1, 0.15) is 18.6 Å². The van der Waals surface area contributed by atoms with E-state index in [1.165, 1.54) is 19.3 Å². The molecule has 6 nitrogen and oxygen atoms in total. The fourth-order valence-electron chi connectivity index (χ4n) is 2.07. The van der Waals surface area contributed by atoms with E-state index in [9.17, 15) is 19.8 Å². The predicted octanol–water partition coefficient (Wildman–Crippen LogP) is 0.494. The molecule has 0 aliphatic carbocycles. The lowest BCUT2D eigenvalue weighted by molar-refractivity contribution is -0.162. The summed E-state index contributed by atoms with van der Waals surface area (Å²) in [7, 11) is 0. The molecule has 4 atom stereocenters. The summed E-state index contributed by atoms with van der Waals surface area (Å²) >= 11 is 0. The van der Waals surface area contributed by atoms with Gasteiger partial charge in [-0.15, -0.1) is 0 Å². The Labute approximate surface area is 121 Å². The van der Waals surface area contributed by atoms with Crippen LogP contribution < -0.4 is 0 Å². The van der Waals surface area contributed by atoms with E-state index in [1.54, 1.807) is 30.3 Å². The molecule has 0 spiro atoms. The fourth-order valence-corrected chi connectivity index (χ4v) is 2.07. The Morgan fingerprint density at radius 1 is 1.29 bits per heavy atom. The van der Waals surface area contributed by atoms with E-state index in [2.05, 4.69) is 0 Å². The van der Waals surface area contributed by atoms with E-state index in [0.717, 1.165) is 0 Å². The average molecular weight is 292 g/mol. The molecule has 0 saturated carbocycles. The molecule has 0 amide bonds. The number of ketones is 1. The molecule has 0 radical (unpaired) electrons. The Hall–Kier alpha value is -2.18. The van der Waals surface area contributed by atoms with Crippen LogP contribution in [-0.4, -0.2) is 40.3 Å². The number of hydrogen-bond acceptors (Lipinski definition) is 6. The van der Waals surface area contributed by atoms with Crippen LogP contribution in [0.3, 0.4) is 0 Å². The van der Waals surface area contributed by atoms with Gasteiger partial charge in [0.05, 0.1) is 6.26 Å². The van der Waals surface area contributed by atoms with E-state index < -0.39 is 36.2 Å². The van der Waals surface area contributed by atoms with E-state index >= 15 is 0 Å². The minimum absolute atomic E-state index is 0.400. The van der Waals surface area contributed by atoms with Crippen LogP contribution in [0.25, 0.3) is 0 Å². The number of Topliss-reactive ketones (excluding diaryl/α,β-unsaturated/α-hetero) is 1. The summed E-state index contributed by atoms with van der Waals surface area (Å²) in [6.45, 7) is 1.20. The van der Waals surface area contributed by atoms with E-state index in [1.807, 2.05) is 0 Å². The van der Waals surface area contributed by atoms with Crippen molar-refractivity contribution in [2.24, 2.45) is 0 Å². The number of ether oxygens (including phenoxy) is 2. The molecule has 1 aliphatic rings. The number of rotatable bonds is 4. The molecular formula is C15H16O6. The van der Waals surface area contributed by atoms with Gasteiger partial charge in [0.2, 0.25) is 5.78 Å². The molecule has 0 aromatic heterocycles. The average Bonchev–Trinajstić information content (AvgIpc) is 2.48. The molecule has 0 fully saturated rings. The maximum Gasteiger partial charge on any atom is 0.303 e. The topological polar surface area (TPSA) is 93.1 Å². The normalized spacial score (nSPS) is 25.8. The second-order valence-corrected chi connectivity index (χ2v) is 4.67. The second-order valence-electron chi connectivity index (χ2n) is 4.67. The van der Waals surface area contributed by atoms with E-state index in [0.29, 0.717) is 5.56 Å². The van der Waals surface area contributed by atoms with Crippen molar-refractivity contribution in [1.82, 2.24) is 0 Å². The molecule has 1 aromatic rings. The second kappa shape index (κ2) is 6.51. The highest BCUT2D eigenvalue weighted by Crippen LogP contribution is 2.23. The number of aliphatic hydroxyl groups is 2. The molecule has 1 heterocycles. The summed E-state index contributed by atoms with van der Waals surface area (Å²) < 4.78 is 9.95. The molecule has 1 unspecified atom stereocenters. The van der Waals surface area contributed by atoms with Crippen LogP contribution in [0, 0.1) is 0 Å². The Balaban J connectivity index is 2.12. The van der Waals surface area contributed by atoms with Gasteiger partial charge in [0.1, 0.15) is 12.2 Å². The SMILES string of the molecule is CC(=O)O[C@@H]1C=CO[C@H](C(=O)C(O)c2ccccc2)[C@@H]1O. The van der Waals surface area contributed by atoms with Crippen molar-refractivity contribution in [3.05, 3.63) is 48.2 Å². The molecule has 1 aromatic carbocycles. The van der Waals surface area contributed by atoms with Crippen LogP contribution in [0.15, 0.2) is 42.7 Å². The first-order valence-electron chi connectivity index (χ1n) is 6.45. The Kier molecular flexibility index (Phi) is 4.72. The van der Waals surface area contributed by atoms with Gasteiger partial charge >= 0.3 is 5.97 Å². The zero-order valence-corrected chi connectivity index (χ0v) is 11.4.